The minimum absolute atomic E-state index is 0.0113. The molecule has 0 aliphatic carbocycles. The van der Waals surface area contributed by atoms with Gasteiger partial charge in [-0.2, -0.15) is 13.7 Å². The van der Waals surface area contributed by atoms with Gasteiger partial charge in [-0.05, 0) is 35.4 Å². The standard InChI is InChI=1S/C26H26N2O7S/c1-36(30,31)35-24(19-32-23-14-12-20(16-27)13-15-23)25(33-17-21-8-4-2-5-9-21)28-26(29)34-18-22-10-6-3-7-11-22/h2-15,24-25H,17-19H2,1H3,(H,28,29). The van der Waals surface area contributed by atoms with Crippen molar-refractivity contribution < 1.29 is 31.6 Å². The molecule has 2 atom stereocenters. The van der Waals surface area contributed by atoms with E-state index >= 15 is 0 Å². The van der Waals surface area contributed by atoms with Gasteiger partial charge in [-0.1, -0.05) is 60.7 Å². The molecular formula is C26H26N2O7S. The van der Waals surface area contributed by atoms with Crippen LogP contribution in [0.3, 0.4) is 0 Å². The van der Waals surface area contributed by atoms with Crippen LogP contribution in [0.5, 0.6) is 5.75 Å². The van der Waals surface area contributed by atoms with Crippen molar-refractivity contribution in [2.75, 3.05) is 12.9 Å². The number of rotatable bonds is 12. The number of carbonyl (C=O) groups excluding carboxylic acids is 1. The predicted octanol–water partition coefficient (Wildman–Crippen LogP) is 3.75. The normalized spacial score (nSPS) is 12.7. The number of nitrogens with zero attached hydrogens (tertiary/aromatic N) is 1. The number of nitriles is 1. The van der Waals surface area contributed by atoms with Gasteiger partial charge in [0.05, 0.1) is 24.5 Å². The monoisotopic (exact) mass is 510 g/mol. The maximum Gasteiger partial charge on any atom is 0.409 e. The molecule has 0 spiro atoms. The van der Waals surface area contributed by atoms with Gasteiger partial charge in [0, 0.05) is 0 Å². The molecule has 0 heterocycles. The number of carbonyl (C=O) groups is 1. The summed E-state index contributed by atoms with van der Waals surface area (Å²) in [4.78, 5) is 12.6. The summed E-state index contributed by atoms with van der Waals surface area (Å²) in [6, 6.07) is 26.5. The number of benzene rings is 3. The van der Waals surface area contributed by atoms with Crippen LogP contribution < -0.4 is 10.1 Å². The van der Waals surface area contributed by atoms with Crippen molar-refractivity contribution in [3.63, 3.8) is 0 Å². The molecule has 10 heteroatoms. The van der Waals surface area contributed by atoms with Crippen molar-refractivity contribution in [1.82, 2.24) is 5.32 Å². The molecule has 2 unspecified atom stereocenters. The highest BCUT2D eigenvalue weighted by atomic mass is 32.2. The van der Waals surface area contributed by atoms with Crippen LogP contribution in [0.25, 0.3) is 0 Å². The molecule has 0 radical (unpaired) electrons. The van der Waals surface area contributed by atoms with Crippen LogP contribution in [-0.4, -0.2) is 39.7 Å². The Bertz CT molecular complexity index is 1240. The average molecular weight is 511 g/mol. The molecule has 0 saturated carbocycles. The fourth-order valence-electron chi connectivity index (χ4n) is 3.08. The first-order chi connectivity index (χ1) is 17.3. The molecule has 0 aliphatic rings. The summed E-state index contributed by atoms with van der Waals surface area (Å²) in [7, 11) is -3.95. The van der Waals surface area contributed by atoms with Gasteiger partial charge in [-0.15, -0.1) is 0 Å². The molecule has 0 bridgehead atoms. The Morgan fingerprint density at radius 1 is 0.917 bits per heavy atom. The van der Waals surface area contributed by atoms with Crippen LogP contribution in [0.15, 0.2) is 84.9 Å². The van der Waals surface area contributed by atoms with Crippen molar-refractivity contribution >= 4 is 16.2 Å². The van der Waals surface area contributed by atoms with Gasteiger partial charge in [0.25, 0.3) is 10.1 Å². The molecular weight excluding hydrogens is 484 g/mol. The molecule has 36 heavy (non-hydrogen) atoms. The molecule has 9 nitrogen and oxygen atoms in total. The smallest absolute Gasteiger partial charge is 0.409 e. The van der Waals surface area contributed by atoms with Gasteiger partial charge in [-0.25, -0.2) is 4.79 Å². The second kappa shape index (κ2) is 13.3. The zero-order valence-electron chi connectivity index (χ0n) is 19.6. The molecule has 0 saturated heterocycles. The minimum atomic E-state index is -3.95. The zero-order valence-corrected chi connectivity index (χ0v) is 20.4. The predicted molar refractivity (Wildman–Crippen MR) is 131 cm³/mol. The molecule has 0 fully saturated rings. The fraction of sp³-hybridized carbons (Fsp3) is 0.231. The lowest BCUT2D eigenvalue weighted by atomic mass is 10.2. The van der Waals surface area contributed by atoms with Gasteiger partial charge in [0.1, 0.15) is 19.0 Å². The molecule has 3 rings (SSSR count). The summed E-state index contributed by atoms with van der Waals surface area (Å²) in [6.45, 7) is -0.209. The van der Waals surface area contributed by atoms with Gasteiger partial charge in [0.15, 0.2) is 12.3 Å². The van der Waals surface area contributed by atoms with Gasteiger partial charge >= 0.3 is 6.09 Å². The van der Waals surface area contributed by atoms with Crippen LogP contribution >= 0.6 is 0 Å². The number of nitrogens with one attached hydrogen (secondary N) is 1. The largest absolute Gasteiger partial charge is 0.491 e. The third-order valence-electron chi connectivity index (χ3n) is 4.78. The van der Waals surface area contributed by atoms with Gasteiger partial charge in [-0.3, -0.25) is 9.50 Å². The van der Waals surface area contributed by atoms with Crippen LogP contribution in [0.4, 0.5) is 4.79 Å². The quantitative estimate of drug-likeness (QED) is 0.289. The van der Waals surface area contributed by atoms with Crippen molar-refractivity contribution in [2.45, 2.75) is 25.5 Å². The number of ether oxygens (including phenoxy) is 3. The van der Waals surface area contributed by atoms with E-state index in [-0.39, 0.29) is 19.8 Å². The van der Waals surface area contributed by atoms with Crippen LogP contribution in [0.1, 0.15) is 16.7 Å². The Hall–Kier alpha value is -3.91. The topological polar surface area (TPSA) is 124 Å². The lowest BCUT2D eigenvalue weighted by Gasteiger charge is -2.27. The lowest BCUT2D eigenvalue weighted by Crippen LogP contribution is -2.49. The molecule has 3 aromatic carbocycles. The Morgan fingerprint density at radius 3 is 2.06 bits per heavy atom. The summed E-state index contributed by atoms with van der Waals surface area (Å²) in [5.41, 5.74) is 2.02. The molecule has 1 amide bonds. The SMILES string of the molecule is CS(=O)(=O)OC(COc1ccc(C#N)cc1)C(NC(=O)OCc1ccccc1)OCc1ccccc1. The van der Waals surface area contributed by atoms with Crippen LogP contribution in [-0.2, 0) is 37.0 Å². The van der Waals surface area contributed by atoms with Crippen molar-refractivity contribution in [3.8, 4) is 11.8 Å². The second-order valence-corrected chi connectivity index (χ2v) is 9.31. The van der Waals surface area contributed by atoms with Gasteiger partial charge in [0.2, 0.25) is 0 Å². The lowest BCUT2D eigenvalue weighted by molar-refractivity contribution is -0.0629. The molecule has 0 aliphatic heterocycles. The van der Waals surface area contributed by atoms with E-state index in [1.165, 1.54) is 0 Å². The Balaban J connectivity index is 1.74. The Kier molecular flexibility index (Phi) is 9.82. The number of hydrogen-bond donors (Lipinski definition) is 1. The Morgan fingerprint density at radius 2 is 1.50 bits per heavy atom. The number of hydrogen-bond acceptors (Lipinski definition) is 8. The van der Waals surface area contributed by atoms with E-state index in [1.54, 1.807) is 36.4 Å². The zero-order chi connectivity index (χ0) is 25.8. The summed E-state index contributed by atoms with van der Waals surface area (Å²) in [5, 5.41) is 11.5. The minimum Gasteiger partial charge on any atom is -0.491 e. The first-order valence-electron chi connectivity index (χ1n) is 11.0. The van der Waals surface area contributed by atoms with Gasteiger partial charge < -0.3 is 14.2 Å². The maximum atomic E-state index is 12.6. The van der Waals surface area contributed by atoms with E-state index in [0.29, 0.717) is 11.3 Å². The van der Waals surface area contributed by atoms with E-state index in [2.05, 4.69) is 5.32 Å². The van der Waals surface area contributed by atoms with Crippen molar-refractivity contribution in [3.05, 3.63) is 102 Å². The summed E-state index contributed by atoms with van der Waals surface area (Å²) < 4.78 is 46.0. The summed E-state index contributed by atoms with van der Waals surface area (Å²) in [6.07, 6.45) is -2.41. The first kappa shape index (κ1) is 26.7. The highest BCUT2D eigenvalue weighted by Crippen LogP contribution is 2.16. The van der Waals surface area contributed by atoms with Crippen molar-refractivity contribution in [1.29, 1.82) is 5.26 Å². The third kappa shape index (κ3) is 9.38. The third-order valence-corrected chi connectivity index (χ3v) is 5.38. The Labute approximate surface area is 210 Å². The van der Waals surface area contributed by atoms with E-state index in [0.717, 1.165) is 17.4 Å². The maximum absolute atomic E-state index is 12.6. The number of amides is 1. The average Bonchev–Trinajstić information content (AvgIpc) is 2.88. The highest BCUT2D eigenvalue weighted by molar-refractivity contribution is 7.86. The van der Waals surface area contributed by atoms with E-state index in [4.69, 9.17) is 23.7 Å². The second-order valence-electron chi connectivity index (χ2n) is 7.71. The first-order valence-corrected chi connectivity index (χ1v) is 12.8. The van der Waals surface area contributed by atoms with Crippen molar-refractivity contribution in [2.24, 2.45) is 0 Å². The summed E-state index contributed by atoms with van der Waals surface area (Å²) >= 11 is 0. The van der Waals surface area contributed by atoms with E-state index in [9.17, 15) is 13.2 Å². The molecule has 188 valence electrons. The molecule has 3 aromatic rings. The van der Waals surface area contributed by atoms with E-state index in [1.807, 2.05) is 54.6 Å². The molecule has 1 N–H and O–H groups in total. The highest BCUT2D eigenvalue weighted by Gasteiger charge is 2.30. The fourth-order valence-corrected chi connectivity index (χ4v) is 3.68. The van der Waals surface area contributed by atoms with Crippen LogP contribution in [0, 0.1) is 11.3 Å². The number of alkyl carbamates (subject to hydrolysis) is 1. The van der Waals surface area contributed by atoms with Crippen LogP contribution in [0.2, 0.25) is 0 Å². The molecule has 0 aromatic heterocycles. The van der Waals surface area contributed by atoms with E-state index < -0.39 is 28.5 Å². The summed E-state index contributed by atoms with van der Waals surface area (Å²) in [5.74, 6) is 0.379.